The molecule has 3 N–H and O–H groups in total. The maximum atomic E-state index is 13.1. The quantitative estimate of drug-likeness (QED) is 0.330. The summed E-state index contributed by atoms with van der Waals surface area (Å²) in [6.45, 7) is 5.13. The van der Waals surface area contributed by atoms with Crippen molar-refractivity contribution in [1.82, 2.24) is 10.6 Å². The van der Waals surface area contributed by atoms with E-state index in [2.05, 4.69) is 16.0 Å². The van der Waals surface area contributed by atoms with Gasteiger partial charge in [0.2, 0.25) is 5.91 Å². The number of halogens is 1. The molecule has 1 atom stereocenters. The Balaban J connectivity index is 1.72. The van der Waals surface area contributed by atoms with Crippen molar-refractivity contribution in [2.75, 3.05) is 25.0 Å². The van der Waals surface area contributed by atoms with E-state index in [9.17, 15) is 19.3 Å². The van der Waals surface area contributed by atoms with Crippen LogP contribution in [0.1, 0.15) is 25.5 Å². The first-order chi connectivity index (χ1) is 13.4. The number of nitrogens with zero attached hydrogens (tertiary/aromatic N) is 1. The van der Waals surface area contributed by atoms with Crippen molar-refractivity contribution in [1.29, 1.82) is 0 Å². The molecule has 2 aromatic carbocycles. The molecule has 0 aliphatic carbocycles. The van der Waals surface area contributed by atoms with Crippen molar-refractivity contribution in [2.24, 2.45) is 5.92 Å². The molecule has 0 aliphatic rings. The highest BCUT2D eigenvalue weighted by molar-refractivity contribution is 5.78. The van der Waals surface area contributed by atoms with E-state index in [1.165, 1.54) is 24.3 Å². The molecule has 0 saturated carbocycles. The van der Waals surface area contributed by atoms with Crippen molar-refractivity contribution < 1.29 is 14.1 Å². The van der Waals surface area contributed by atoms with Gasteiger partial charge in [-0.05, 0) is 35.7 Å². The first kappa shape index (κ1) is 21.3. The summed E-state index contributed by atoms with van der Waals surface area (Å²) >= 11 is 0. The Bertz CT molecular complexity index is 779. The van der Waals surface area contributed by atoms with Gasteiger partial charge >= 0.3 is 0 Å². The summed E-state index contributed by atoms with van der Waals surface area (Å²) in [5.41, 5.74) is 1.71. The summed E-state index contributed by atoms with van der Waals surface area (Å²) in [6.07, 6.45) is 0. The summed E-state index contributed by atoms with van der Waals surface area (Å²) in [4.78, 5) is 22.2. The van der Waals surface area contributed by atoms with Crippen LogP contribution in [-0.4, -0.2) is 30.5 Å². The van der Waals surface area contributed by atoms with Crippen LogP contribution in [0.15, 0.2) is 48.5 Å². The van der Waals surface area contributed by atoms with Crippen LogP contribution in [0.5, 0.6) is 0 Å². The van der Waals surface area contributed by atoms with Crippen LogP contribution in [0.25, 0.3) is 0 Å². The van der Waals surface area contributed by atoms with E-state index in [0.29, 0.717) is 13.1 Å². The van der Waals surface area contributed by atoms with E-state index >= 15 is 0 Å². The van der Waals surface area contributed by atoms with Crippen molar-refractivity contribution in [2.45, 2.75) is 19.9 Å². The topological polar surface area (TPSA) is 96.3 Å². The molecule has 150 valence electrons. The zero-order chi connectivity index (χ0) is 20.5. The predicted molar refractivity (Wildman–Crippen MR) is 107 cm³/mol. The number of rotatable bonds is 10. The number of benzene rings is 2. The number of nitro groups is 1. The smallest absolute Gasteiger partial charge is 0.269 e. The molecule has 0 unspecified atom stereocenters. The summed E-state index contributed by atoms with van der Waals surface area (Å²) < 4.78 is 13.1. The third kappa shape index (κ3) is 6.62. The number of carbonyl (C=O) groups is 1. The third-order valence-electron chi connectivity index (χ3n) is 4.23. The second-order valence-electron chi connectivity index (χ2n) is 6.73. The molecule has 2 rings (SSSR count). The Kier molecular flexibility index (Phi) is 7.88. The van der Waals surface area contributed by atoms with Crippen LogP contribution in [0.2, 0.25) is 0 Å². The van der Waals surface area contributed by atoms with Gasteiger partial charge in [-0.25, -0.2) is 4.39 Å². The number of amides is 1. The van der Waals surface area contributed by atoms with Gasteiger partial charge in [0, 0.05) is 37.0 Å². The largest absolute Gasteiger partial charge is 0.383 e. The van der Waals surface area contributed by atoms with Gasteiger partial charge in [-0.15, -0.1) is 0 Å². The van der Waals surface area contributed by atoms with Crippen LogP contribution in [0.3, 0.4) is 0 Å². The molecule has 2 aromatic rings. The van der Waals surface area contributed by atoms with Crippen molar-refractivity contribution >= 4 is 17.3 Å². The molecule has 0 saturated heterocycles. The molecular weight excluding hydrogens is 363 g/mol. The van der Waals surface area contributed by atoms with Gasteiger partial charge in [0.1, 0.15) is 5.82 Å². The van der Waals surface area contributed by atoms with Crippen LogP contribution >= 0.6 is 0 Å². The fourth-order valence-electron chi connectivity index (χ4n) is 2.78. The second-order valence-corrected chi connectivity index (χ2v) is 6.73. The molecule has 0 fully saturated rings. The molecule has 28 heavy (non-hydrogen) atoms. The van der Waals surface area contributed by atoms with E-state index in [4.69, 9.17) is 0 Å². The van der Waals surface area contributed by atoms with Crippen LogP contribution in [0, 0.1) is 21.8 Å². The summed E-state index contributed by atoms with van der Waals surface area (Å²) in [5.74, 6) is -0.190. The highest BCUT2D eigenvalue weighted by atomic mass is 19.1. The molecular formula is C20H25FN4O3. The average Bonchev–Trinajstić information content (AvgIpc) is 2.67. The number of hydrogen-bond donors (Lipinski definition) is 3. The normalized spacial score (nSPS) is 11.9. The predicted octanol–water partition coefficient (Wildman–Crippen LogP) is 3.25. The van der Waals surface area contributed by atoms with Crippen molar-refractivity contribution in [3.8, 4) is 0 Å². The minimum atomic E-state index is -0.451. The Labute approximate surface area is 163 Å². The molecule has 0 radical (unpaired) electrons. The first-order valence-corrected chi connectivity index (χ1v) is 9.10. The minimum Gasteiger partial charge on any atom is -0.383 e. The Hall–Kier alpha value is -3.00. The Morgan fingerprint density at radius 3 is 2.29 bits per heavy atom. The van der Waals surface area contributed by atoms with E-state index in [1.807, 2.05) is 13.8 Å². The van der Waals surface area contributed by atoms with Crippen molar-refractivity contribution in [3.63, 3.8) is 0 Å². The molecule has 0 bridgehead atoms. The average molecular weight is 388 g/mol. The SMILES string of the molecule is CC(C)[C@H](NCC(=O)NCCNc1ccc([N+](=O)[O-])cc1)c1ccc(F)cc1. The second kappa shape index (κ2) is 10.4. The maximum Gasteiger partial charge on any atom is 0.269 e. The highest BCUT2D eigenvalue weighted by Gasteiger charge is 2.16. The standard InChI is InChI=1S/C20H25FN4O3/c1-14(2)20(15-3-5-16(21)6-4-15)24-13-19(26)23-12-11-22-17-7-9-18(10-8-17)25(27)28/h3-10,14,20,22,24H,11-13H2,1-2H3,(H,23,26)/t20-/m0/s1. The summed E-state index contributed by atoms with van der Waals surface area (Å²) in [7, 11) is 0. The maximum absolute atomic E-state index is 13.1. The third-order valence-corrected chi connectivity index (χ3v) is 4.23. The number of non-ortho nitro benzene ring substituents is 1. The number of anilines is 1. The van der Waals surface area contributed by atoms with Gasteiger partial charge in [0.05, 0.1) is 11.5 Å². The number of carbonyl (C=O) groups excluding carboxylic acids is 1. The lowest BCUT2D eigenvalue weighted by atomic mass is 9.96. The lowest BCUT2D eigenvalue weighted by Gasteiger charge is -2.23. The number of nitrogens with one attached hydrogen (secondary N) is 3. The lowest BCUT2D eigenvalue weighted by Crippen LogP contribution is -2.38. The van der Waals surface area contributed by atoms with Crippen LogP contribution in [-0.2, 0) is 4.79 Å². The van der Waals surface area contributed by atoms with Crippen LogP contribution in [0.4, 0.5) is 15.8 Å². The van der Waals surface area contributed by atoms with Crippen molar-refractivity contribution in [3.05, 3.63) is 70.0 Å². The van der Waals surface area contributed by atoms with Gasteiger partial charge in [0.15, 0.2) is 0 Å². The van der Waals surface area contributed by atoms with Gasteiger partial charge < -0.3 is 16.0 Å². The van der Waals surface area contributed by atoms with E-state index in [-0.39, 0.29) is 35.9 Å². The Morgan fingerprint density at radius 2 is 1.71 bits per heavy atom. The molecule has 0 heterocycles. The zero-order valence-electron chi connectivity index (χ0n) is 15.9. The van der Waals surface area contributed by atoms with E-state index in [1.54, 1.807) is 24.3 Å². The number of nitro benzene ring substituents is 1. The Morgan fingerprint density at radius 1 is 1.07 bits per heavy atom. The fourth-order valence-corrected chi connectivity index (χ4v) is 2.78. The van der Waals surface area contributed by atoms with Gasteiger partial charge in [-0.2, -0.15) is 0 Å². The molecule has 8 heteroatoms. The lowest BCUT2D eigenvalue weighted by molar-refractivity contribution is -0.384. The molecule has 0 spiro atoms. The number of hydrogen-bond acceptors (Lipinski definition) is 5. The minimum absolute atomic E-state index is 0.0331. The zero-order valence-corrected chi connectivity index (χ0v) is 15.9. The van der Waals surface area contributed by atoms with Gasteiger partial charge in [0.25, 0.3) is 5.69 Å². The molecule has 7 nitrogen and oxygen atoms in total. The van der Waals surface area contributed by atoms with Crippen LogP contribution < -0.4 is 16.0 Å². The molecule has 0 aromatic heterocycles. The summed E-state index contributed by atoms with van der Waals surface area (Å²) in [6, 6.07) is 12.3. The molecule has 0 aliphatic heterocycles. The molecule has 1 amide bonds. The first-order valence-electron chi connectivity index (χ1n) is 9.10. The highest BCUT2D eigenvalue weighted by Crippen LogP contribution is 2.21. The van der Waals surface area contributed by atoms with Gasteiger partial charge in [-0.1, -0.05) is 26.0 Å². The monoisotopic (exact) mass is 388 g/mol. The van der Waals surface area contributed by atoms with E-state index < -0.39 is 4.92 Å². The van der Waals surface area contributed by atoms with Gasteiger partial charge in [-0.3, -0.25) is 14.9 Å². The fraction of sp³-hybridized carbons (Fsp3) is 0.350. The summed E-state index contributed by atoms with van der Waals surface area (Å²) in [5, 5.41) is 19.7. The van der Waals surface area contributed by atoms with E-state index in [0.717, 1.165) is 11.3 Å².